The highest BCUT2D eigenvalue weighted by molar-refractivity contribution is 7.99. The van der Waals surface area contributed by atoms with Crippen molar-refractivity contribution in [1.82, 2.24) is 24.7 Å². The summed E-state index contributed by atoms with van der Waals surface area (Å²) >= 11 is 1.26. The average Bonchev–Trinajstić information content (AvgIpc) is 3.59. The minimum Gasteiger partial charge on any atom is -0.510 e. The number of para-hydroxylation sites is 2. The summed E-state index contributed by atoms with van der Waals surface area (Å²) in [7, 11) is 0. The zero-order chi connectivity index (χ0) is 23.5. The quantitative estimate of drug-likeness (QED) is 0.225. The van der Waals surface area contributed by atoms with Gasteiger partial charge >= 0.3 is 0 Å². The van der Waals surface area contributed by atoms with Crippen molar-refractivity contribution >= 4 is 28.4 Å². The van der Waals surface area contributed by atoms with E-state index in [-0.39, 0.29) is 29.0 Å². The van der Waals surface area contributed by atoms with E-state index in [1.807, 2.05) is 34.9 Å². The molecular formula is C24H21FN6O2S. The minimum atomic E-state index is -0.326. The van der Waals surface area contributed by atoms with Gasteiger partial charge in [-0.1, -0.05) is 23.9 Å². The molecule has 1 saturated heterocycles. The van der Waals surface area contributed by atoms with Gasteiger partial charge in [0.25, 0.3) is 0 Å². The summed E-state index contributed by atoms with van der Waals surface area (Å²) in [6.07, 6.45) is 1.96. The second-order valence-corrected chi connectivity index (χ2v) is 8.83. The van der Waals surface area contributed by atoms with Crippen molar-refractivity contribution in [3.8, 4) is 17.5 Å². The summed E-state index contributed by atoms with van der Waals surface area (Å²) in [5.41, 5.74) is 2.31. The van der Waals surface area contributed by atoms with Gasteiger partial charge in [0, 0.05) is 12.2 Å². The number of hydrogen-bond acceptors (Lipinski definition) is 7. The molecule has 5 rings (SSSR count). The topological polar surface area (TPSA) is 113 Å². The number of allylic oxidation sites excluding steroid dienone is 1. The molecule has 0 amide bonds. The monoisotopic (exact) mass is 476 g/mol. The zero-order valence-electron chi connectivity index (χ0n) is 18.1. The third-order valence-electron chi connectivity index (χ3n) is 5.59. The maximum absolute atomic E-state index is 13.4. The number of thioether (sulfide) groups is 1. The normalized spacial score (nSPS) is 16.5. The molecule has 1 aliphatic rings. The number of nitriles is 1. The van der Waals surface area contributed by atoms with E-state index in [0.29, 0.717) is 35.5 Å². The molecule has 1 aliphatic heterocycles. The molecule has 172 valence electrons. The Labute approximate surface area is 199 Å². The smallest absolute Gasteiger partial charge is 0.192 e. The predicted molar refractivity (Wildman–Crippen MR) is 126 cm³/mol. The Morgan fingerprint density at radius 1 is 1.24 bits per heavy atom. The van der Waals surface area contributed by atoms with E-state index in [2.05, 4.69) is 20.2 Å². The van der Waals surface area contributed by atoms with E-state index >= 15 is 0 Å². The van der Waals surface area contributed by atoms with Crippen molar-refractivity contribution < 1.29 is 14.2 Å². The van der Waals surface area contributed by atoms with E-state index in [4.69, 9.17) is 4.74 Å². The molecule has 0 bridgehead atoms. The van der Waals surface area contributed by atoms with Gasteiger partial charge in [-0.25, -0.2) is 9.37 Å². The van der Waals surface area contributed by atoms with Crippen LogP contribution in [0, 0.1) is 17.1 Å². The number of H-pyrrole nitrogens is 1. The van der Waals surface area contributed by atoms with Crippen molar-refractivity contribution in [2.45, 2.75) is 30.6 Å². The van der Waals surface area contributed by atoms with Gasteiger partial charge in [-0.2, -0.15) is 5.26 Å². The van der Waals surface area contributed by atoms with Gasteiger partial charge in [-0.3, -0.25) is 4.57 Å². The van der Waals surface area contributed by atoms with Crippen LogP contribution in [-0.4, -0.2) is 48.3 Å². The molecule has 2 aromatic carbocycles. The van der Waals surface area contributed by atoms with Crippen LogP contribution in [0.5, 0.6) is 0 Å². The standard InChI is InChI=1S/C24H21FN6O2S/c25-16-9-7-15(8-10-16)23-29-30-24(31(23)13-17-4-3-11-33-17)34-14-21(32)18(12-26)22-27-19-5-1-2-6-20(19)28-22/h1-2,5-10,17,32H,3-4,11,13-14H2,(H,27,28)/t17-/m0/s1. The molecule has 34 heavy (non-hydrogen) atoms. The van der Waals surface area contributed by atoms with E-state index in [1.54, 1.807) is 12.1 Å². The van der Waals surface area contributed by atoms with Crippen LogP contribution in [-0.2, 0) is 11.3 Å². The fourth-order valence-electron chi connectivity index (χ4n) is 3.89. The van der Waals surface area contributed by atoms with Crippen molar-refractivity contribution in [3.05, 3.63) is 65.9 Å². The maximum Gasteiger partial charge on any atom is 0.192 e. The summed E-state index contributed by atoms with van der Waals surface area (Å²) in [6.45, 7) is 1.26. The summed E-state index contributed by atoms with van der Waals surface area (Å²) in [4.78, 5) is 7.49. The Morgan fingerprint density at radius 2 is 2.06 bits per heavy atom. The van der Waals surface area contributed by atoms with Crippen LogP contribution in [0.2, 0.25) is 0 Å². The molecular weight excluding hydrogens is 455 g/mol. The summed E-state index contributed by atoms with van der Waals surface area (Å²) in [5, 5.41) is 29.6. The Morgan fingerprint density at radius 3 is 2.79 bits per heavy atom. The van der Waals surface area contributed by atoms with Gasteiger partial charge < -0.3 is 14.8 Å². The average molecular weight is 477 g/mol. The number of aromatic nitrogens is 5. The second-order valence-electron chi connectivity index (χ2n) is 7.88. The first-order chi connectivity index (χ1) is 16.6. The lowest BCUT2D eigenvalue weighted by Crippen LogP contribution is -2.16. The van der Waals surface area contributed by atoms with Crippen LogP contribution >= 0.6 is 11.8 Å². The molecule has 1 fully saturated rings. The van der Waals surface area contributed by atoms with Crippen molar-refractivity contribution in [2.24, 2.45) is 0 Å². The number of halogens is 1. The first-order valence-electron chi connectivity index (χ1n) is 10.8. The van der Waals surface area contributed by atoms with E-state index < -0.39 is 0 Å². The first kappa shape index (κ1) is 22.1. The SMILES string of the molecule is N#CC(=C(O)CSc1nnc(-c2ccc(F)cc2)n1C[C@@H]1CCCO1)c1nc2ccccc2[nH]1. The van der Waals surface area contributed by atoms with Crippen LogP contribution in [0.15, 0.2) is 59.4 Å². The van der Waals surface area contributed by atoms with Crippen LogP contribution in [0.25, 0.3) is 28.0 Å². The van der Waals surface area contributed by atoms with Crippen molar-refractivity contribution in [2.75, 3.05) is 12.4 Å². The van der Waals surface area contributed by atoms with Gasteiger partial charge in [0.05, 0.1) is 29.4 Å². The molecule has 2 aromatic heterocycles. The predicted octanol–water partition coefficient (Wildman–Crippen LogP) is 4.72. The fraction of sp³-hybridized carbons (Fsp3) is 0.250. The van der Waals surface area contributed by atoms with Crippen molar-refractivity contribution in [1.29, 1.82) is 5.26 Å². The molecule has 0 aliphatic carbocycles. The lowest BCUT2D eigenvalue weighted by Gasteiger charge is -2.14. The van der Waals surface area contributed by atoms with E-state index in [1.165, 1.54) is 23.9 Å². The largest absolute Gasteiger partial charge is 0.510 e. The van der Waals surface area contributed by atoms with Gasteiger partial charge in [-0.05, 0) is 49.2 Å². The number of imidazole rings is 1. The van der Waals surface area contributed by atoms with Crippen LogP contribution in [0.3, 0.4) is 0 Å². The summed E-state index contributed by atoms with van der Waals surface area (Å²) in [6, 6.07) is 15.6. The molecule has 1 atom stereocenters. The van der Waals surface area contributed by atoms with Gasteiger partial charge in [0.1, 0.15) is 23.2 Å². The van der Waals surface area contributed by atoms with Gasteiger partial charge in [-0.15, -0.1) is 10.2 Å². The molecule has 0 spiro atoms. The molecule has 2 N–H and O–H groups in total. The Hall–Kier alpha value is -3.68. The van der Waals surface area contributed by atoms with Crippen molar-refractivity contribution in [3.63, 3.8) is 0 Å². The lowest BCUT2D eigenvalue weighted by atomic mass is 10.2. The minimum absolute atomic E-state index is 0.0314. The number of nitrogens with one attached hydrogen (secondary N) is 1. The number of aliphatic hydroxyl groups excluding tert-OH is 1. The molecule has 0 unspecified atom stereocenters. The molecule has 0 radical (unpaired) electrons. The van der Waals surface area contributed by atoms with Crippen LogP contribution in [0.4, 0.5) is 4.39 Å². The molecule has 3 heterocycles. The van der Waals surface area contributed by atoms with Gasteiger partial charge in [0.15, 0.2) is 16.8 Å². The van der Waals surface area contributed by atoms with Gasteiger partial charge in [0.2, 0.25) is 0 Å². The fourth-order valence-corrected chi connectivity index (χ4v) is 4.72. The molecule has 0 saturated carbocycles. The highest BCUT2D eigenvalue weighted by Gasteiger charge is 2.23. The molecule has 10 heteroatoms. The van der Waals surface area contributed by atoms with E-state index in [9.17, 15) is 14.8 Å². The third-order valence-corrected chi connectivity index (χ3v) is 6.57. The highest BCUT2D eigenvalue weighted by atomic mass is 32.2. The number of fused-ring (bicyclic) bond motifs is 1. The number of ether oxygens (including phenoxy) is 1. The number of hydrogen-bond donors (Lipinski definition) is 2. The Kier molecular flexibility index (Phi) is 6.29. The zero-order valence-corrected chi connectivity index (χ0v) is 18.9. The summed E-state index contributed by atoms with van der Waals surface area (Å²) < 4.78 is 21.2. The van der Waals surface area contributed by atoms with E-state index in [0.717, 1.165) is 23.9 Å². The highest BCUT2D eigenvalue weighted by Crippen LogP contribution is 2.29. The number of benzene rings is 2. The lowest BCUT2D eigenvalue weighted by molar-refractivity contribution is 0.0953. The maximum atomic E-state index is 13.4. The Balaban J connectivity index is 1.42. The Bertz CT molecular complexity index is 1350. The van der Waals surface area contributed by atoms with Crippen LogP contribution in [0.1, 0.15) is 18.7 Å². The summed E-state index contributed by atoms with van der Waals surface area (Å²) in [5.74, 6) is 0.580. The third kappa shape index (κ3) is 4.53. The molecule has 8 nitrogen and oxygen atoms in total. The van der Waals surface area contributed by atoms with Crippen LogP contribution < -0.4 is 0 Å². The number of nitrogens with zero attached hydrogens (tertiary/aromatic N) is 5. The first-order valence-corrected chi connectivity index (χ1v) is 11.8. The molecule has 4 aromatic rings. The number of aliphatic hydroxyl groups is 1. The second kappa shape index (κ2) is 9.67. The number of rotatable bonds is 7. The number of aromatic amines is 1.